The van der Waals surface area contributed by atoms with Gasteiger partial charge in [0.1, 0.15) is 12.6 Å². The average molecular weight is 546 g/mol. The third-order valence-corrected chi connectivity index (χ3v) is 8.04. The highest BCUT2D eigenvalue weighted by molar-refractivity contribution is 7.89. The third-order valence-electron chi connectivity index (χ3n) is 5.92. The number of hydrogen-bond acceptors (Lipinski definition) is 4. The van der Waals surface area contributed by atoms with Gasteiger partial charge in [-0.2, -0.15) is 17.5 Å². The first-order chi connectivity index (χ1) is 16.7. The summed E-state index contributed by atoms with van der Waals surface area (Å²) in [5, 5.41) is 4.93. The molecule has 3 rings (SSSR count). The van der Waals surface area contributed by atoms with Gasteiger partial charge in [0.05, 0.1) is 4.90 Å². The molecule has 0 aliphatic carbocycles. The third kappa shape index (κ3) is 7.21. The lowest BCUT2D eigenvalue weighted by atomic mass is 9.83. The van der Waals surface area contributed by atoms with Gasteiger partial charge in [0.25, 0.3) is 5.91 Å². The van der Waals surface area contributed by atoms with Crippen molar-refractivity contribution in [1.29, 1.82) is 0 Å². The van der Waals surface area contributed by atoms with Crippen molar-refractivity contribution in [3.8, 4) is 0 Å². The molecule has 2 aromatic rings. The van der Waals surface area contributed by atoms with Crippen LogP contribution in [0.1, 0.15) is 42.6 Å². The molecule has 0 aromatic heterocycles. The Balaban J connectivity index is 1.93. The van der Waals surface area contributed by atoms with E-state index >= 15 is 0 Å². The lowest BCUT2D eigenvalue weighted by Crippen LogP contribution is -2.49. The first kappa shape index (κ1) is 27.9. The topological polar surface area (TPSA) is 95.6 Å². The van der Waals surface area contributed by atoms with E-state index in [1.807, 2.05) is 13.8 Å². The van der Waals surface area contributed by atoms with Crippen molar-refractivity contribution in [2.24, 2.45) is 5.41 Å². The summed E-state index contributed by atoms with van der Waals surface area (Å²) >= 11 is 5.92. The van der Waals surface area contributed by atoms with Gasteiger partial charge in [-0.3, -0.25) is 9.59 Å². The van der Waals surface area contributed by atoms with Crippen LogP contribution in [0.4, 0.5) is 13.2 Å². The van der Waals surface area contributed by atoms with Gasteiger partial charge in [0, 0.05) is 23.7 Å². The second kappa shape index (κ2) is 10.8. The maximum absolute atomic E-state index is 13.7. The van der Waals surface area contributed by atoms with Gasteiger partial charge in [-0.1, -0.05) is 37.6 Å². The number of carbonyl (C=O) groups is 2. The smallest absolute Gasteiger partial charge is 0.355 e. The molecule has 2 amide bonds. The SMILES string of the molecule is CC1(C)CCNC(=O)C(N(Cc2ccc(C(=O)NCC(F)(F)F)cc2)S(=O)(=O)c2ccc(Cl)cc2)C1. The Kier molecular flexibility index (Phi) is 8.37. The number of rotatable bonds is 7. The molecular formula is C24H27ClF3N3O4S. The summed E-state index contributed by atoms with van der Waals surface area (Å²) in [6.07, 6.45) is -3.59. The van der Waals surface area contributed by atoms with Gasteiger partial charge in [-0.05, 0) is 60.2 Å². The number of nitrogens with one attached hydrogen (secondary N) is 2. The Morgan fingerprint density at radius 3 is 2.33 bits per heavy atom. The summed E-state index contributed by atoms with van der Waals surface area (Å²) in [6.45, 7) is 2.68. The van der Waals surface area contributed by atoms with E-state index < -0.39 is 40.6 Å². The van der Waals surface area contributed by atoms with E-state index in [-0.39, 0.29) is 28.8 Å². The second-order valence-electron chi connectivity index (χ2n) is 9.42. The Morgan fingerprint density at radius 1 is 1.14 bits per heavy atom. The molecule has 0 spiro atoms. The number of carbonyl (C=O) groups excluding carboxylic acids is 2. The minimum Gasteiger partial charge on any atom is -0.355 e. The highest BCUT2D eigenvalue weighted by atomic mass is 35.5. The van der Waals surface area contributed by atoms with E-state index in [9.17, 15) is 31.2 Å². The molecule has 7 nitrogen and oxygen atoms in total. The second-order valence-corrected chi connectivity index (χ2v) is 11.8. The number of benzene rings is 2. The number of hydrogen-bond donors (Lipinski definition) is 2. The number of nitrogens with zero attached hydrogens (tertiary/aromatic N) is 1. The van der Waals surface area contributed by atoms with Crippen LogP contribution in [0.5, 0.6) is 0 Å². The summed E-state index contributed by atoms with van der Waals surface area (Å²) < 4.78 is 65.7. The largest absolute Gasteiger partial charge is 0.405 e. The van der Waals surface area contributed by atoms with Crippen LogP contribution in [0.15, 0.2) is 53.4 Å². The van der Waals surface area contributed by atoms with Crippen LogP contribution >= 0.6 is 11.6 Å². The molecule has 1 unspecified atom stereocenters. The van der Waals surface area contributed by atoms with Crippen LogP contribution in [-0.2, 0) is 21.4 Å². The summed E-state index contributed by atoms with van der Waals surface area (Å²) in [6, 6.07) is 10.1. The van der Waals surface area contributed by atoms with Crippen LogP contribution < -0.4 is 10.6 Å². The van der Waals surface area contributed by atoms with Gasteiger partial charge in [-0.15, -0.1) is 0 Å². The van der Waals surface area contributed by atoms with Gasteiger partial charge in [0.15, 0.2) is 0 Å². The zero-order valence-electron chi connectivity index (χ0n) is 19.7. The van der Waals surface area contributed by atoms with Crippen LogP contribution in [0, 0.1) is 5.41 Å². The molecule has 0 bridgehead atoms. The van der Waals surface area contributed by atoms with E-state index in [4.69, 9.17) is 11.6 Å². The first-order valence-electron chi connectivity index (χ1n) is 11.2. The fourth-order valence-electron chi connectivity index (χ4n) is 3.92. The molecule has 1 fully saturated rings. The number of halogens is 4. The molecule has 36 heavy (non-hydrogen) atoms. The van der Waals surface area contributed by atoms with Crippen LogP contribution in [0.2, 0.25) is 5.02 Å². The van der Waals surface area contributed by atoms with Gasteiger partial charge < -0.3 is 10.6 Å². The highest BCUT2D eigenvalue weighted by Gasteiger charge is 2.41. The molecule has 2 aromatic carbocycles. The normalized spacial score (nSPS) is 18.4. The molecule has 0 saturated carbocycles. The van der Waals surface area contributed by atoms with Crippen LogP contribution in [-0.4, -0.2) is 49.8 Å². The Hall–Kier alpha value is -2.63. The van der Waals surface area contributed by atoms with Crippen molar-refractivity contribution in [2.75, 3.05) is 13.1 Å². The molecule has 1 atom stereocenters. The van der Waals surface area contributed by atoms with Gasteiger partial charge in [-0.25, -0.2) is 8.42 Å². The van der Waals surface area contributed by atoms with Crippen molar-refractivity contribution in [3.63, 3.8) is 0 Å². The van der Waals surface area contributed by atoms with E-state index in [1.165, 1.54) is 48.5 Å². The number of alkyl halides is 3. The van der Waals surface area contributed by atoms with Crippen LogP contribution in [0.25, 0.3) is 0 Å². The van der Waals surface area contributed by atoms with E-state index in [0.29, 0.717) is 23.6 Å². The first-order valence-corrected chi connectivity index (χ1v) is 13.0. The van der Waals surface area contributed by atoms with Crippen molar-refractivity contribution in [3.05, 3.63) is 64.7 Å². The molecule has 1 saturated heterocycles. The maximum atomic E-state index is 13.7. The molecule has 1 aliphatic rings. The monoisotopic (exact) mass is 545 g/mol. The summed E-state index contributed by atoms with van der Waals surface area (Å²) in [4.78, 5) is 25.0. The Morgan fingerprint density at radius 2 is 1.75 bits per heavy atom. The standard InChI is InChI=1S/C24H27ClF3N3O4S/c1-23(2)11-12-29-22(33)20(13-23)31(36(34,35)19-9-7-18(25)8-10-19)14-16-3-5-17(6-4-16)21(32)30-15-24(26,27)28/h3-10,20H,11-15H2,1-2H3,(H,29,33)(H,30,32). The highest BCUT2D eigenvalue weighted by Crippen LogP contribution is 2.33. The van der Waals surface area contributed by atoms with Crippen LogP contribution in [0.3, 0.4) is 0 Å². The van der Waals surface area contributed by atoms with Crippen molar-refractivity contribution in [1.82, 2.24) is 14.9 Å². The van der Waals surface area contributed by atoms with E-state index in [2.05, 4.69) is 5.32 Å². The zero-order chi connectivity index (χ0) is 26.7. The maximum Gasteiger partial charge on any atom is 0.405 e. The predicted octanol–water partition coefficient (Wildman–Crippen LogP) is 4.13. The summed E-state index contributed by atoms with van der Waals surface area (Å²) in [7, 11) is -4.16. The molecule has 0 radical (unpaired) electrons. The lowest BCUT2D eigenvalue weighted by Gasteiger charge is -2.33. The van der Waals surface area contributed by atoms with Gasteiger partial charge in [0.2, 0.25) is 15.9 Å². The molecule has 196 valence electrons. The summed E-state index contributed by atoms with van der Waals surface area (Å²) in [5.74, 6) is -1.32. The number of sulfonamides is 1. The minimum absolute atomic E-state index is 0.0107. The minimum atomic E-state index is -4.54. The van der Waals surface area contributed by atoms with Crippen molar-refractivity contribution < 1.29 is 31.2 Å². The van der Waals surface area contributed by atoms with E-state index in [1.54, 1.807) is 5.32 Å². The number of amides is 2. The van der Waals surface area contributed by atoms with Crippen molar-refractivity contribution in [2.45, 2.75) is 50.3 Å². The predicted molar refractivity (Wildman–Crippen MR) is 129 cm³/mol. The molecule has 1 aliphatic heterocycles. The van der Waals surface area contributed by atoms with Crippen molar-refractivity contribution >= 4 is 33.4 Å². The molecule has 2 N–H and O–H groups in total. The quantitative estimate of drug-likeness (QED) is 0.547. The zero-order valence-corrected chi connectivity index (χ0v) is 21.3. The summed E-state index contributed by atoms with van der Waals surface area (Å²) in [5.41, 5.74) is 0.121. The Bertz CT molecular complexity index is 1200. The molecular weight excluding hydrogens is 519 g/mol. The fraction of sp³-hybridized carbons (Fsp3) is 0.417. The average Bonchev–Trinajstić information content (AvgIpc) is 2.92. The Labute approximate surface area is 213 Å². The van der Waals surface area contributed by atoms with Gasteiger partial charge >= 0.3 is 6.18 Å². The lowest BCUT2D eigenvalue weighted by molar-refractivity contribution is -0.125. The van der Waals surface area contributed by atoms with E-state index in [0.717, 1.165) is 4.31 Å². The fourth-order valence-corrected chi connectivity index (χ4v) is 5.62. The molecule has 12 heteroatoms. The molecule has 1 heterocycles.